The lowest BCUT2D eigenvalue weighted by Crippen LogP contribution is -2.16. The maximum Gasteiger partial charge on any atom is 0.254 e. The summed E-state index contributed by atoms with van der Waals surface area (Å²) >= 11 is 1.93. The van der Waals surface area contributed by atoms with Crippen molar-refractivity contribution >= 4 is 11.8 Å². The van der Waals surface area contributed by atoms with Gasteiger partial charge in [-0.25, -0.2) is 4.98 Å². The summed E-state index contributed by atoms with van der Waals surface area (Å²) in [5, 5.41) is 0.770. The van der Waals surface area contributed by atoms with Gasteiger partial charge in [0.25, 0.3) is 5.56 Å². The first-order valence-corrected chi connectivity index (χ1v) is 6.89. The molecule has 4 heteroatoms. The molecule has 0 spiro atoms. The van der Waals surface area contributed by atoms with Gasteiger partial charge in [-0.3, -0.25) is 4.79 Å². The molecule has 0 unspecified atom stereocenters. The van der Waals surface area contributed by atoms with E-state index in [-0.39, 0.29) is 5.56 Å². The predicted octanol–water partition coefficient (Wildman–Crippen LogP) is 2.56. The SMILES string of the molecule is Cc1nc(CSC2CCCC2)[nH]c(=O)c1C. The Kier molecular flexibility index (Phi) is 3.69. The number of aryl methyl sites for hydroxylation is 1. The van der Waals surface area contributed by atoms with Gasteiger partial charge in [0.15, 0.2) is 0 Å². The van der Waals surface area contributed by atoms with Crippen molar-refractivity contribution in [2.24, 2.45) is 0 Å². The van der Waals surface area contributed by atoms with Gasteiger partial charge in [-0.2, -0.15) is 11.8 Å². The van der Waals surface area contributed by atoms with E-state index in [0.29, 0.717) is 0 Å². The fraction of sp³-hybridized carbons (Fsp3) is 0.667. The van der Waals surface area contributed by atoms with Crippen LogP contribution in [0, 0.1) is 13.8 Å². The van der Waals surface area contributed by atoms with E-state index in [0.717, 1.165) is 28.1 Å². The molecule has 1 heterocycles. The van der Waals surface area contributed by atoms with Crippen LogP contribution in [0.3, 0.4) is 0 Å². The molecule has 0 radical (unpaired) electrons. The Morgan fingerprint density at radius 2 is 2.06 bits per heavy atom. The highest BCUT2D eigenvalue weighted by Gasteiger charge is 2.15. The second-order valence-corrected chi connectivity index (χ2v) is 5.73. The monoisotopic (exact) mass is 238 g/mol. The molecule has 1 aliphatic rings. The molecule has 88 valence electrons. The van der Waals surface area contributed by atoms with Gasteiger partial charge in [0.1, 0.15) is 5.82 Å². The summed E-state index contributed by atoms with van der Waals surface area (Å²) in [7, 11) is 0. The summed E-state index contributed by atoms with van der Waals surface area (Å²) in [6.07, 6.45) is 5.35. The van der Waals surface area contributed by atoms with Crippen LogP contribution in [-0.4, -0.2) is 15.2 Å². The van der Waals surface area contributed by atoms with Gasteiger partial charge in [0.2, 0.25) is 0 Å². The number of hydrogen-bond acceptors (Lipinski definition) is 3. The third kappa shape index (κ3) is 2.67. The number of rotatable bonds is 3. The van der Waals surface area contributed by atoms with Gasteiger partial charge in [-0.05, 0) is 26.7 Å². The smallest absolute Gasteiger partial charge is 0.254 e. The minimum atomic E-state index is 0.00882. The lowest BCUT2D eigenvalue weighted by Gasteiger charge is -2.08. The number of aromatic nitrogens is 2. The van der Waals surface area contributed by atoms with Crippen molar-refractivity contribution in [2.45, 2.75) is 50.5 Å². The summed E-state index contributed by atoms with van der Waals surface area (Å²) in [5.74, 6) is 1.66. The molecule has 1 aromatic heterocycles. The molecule has 1 N–H and O–H groups in total. The van der Waals surface area contributed by atoms with Crippen molar-refractivity contribution in [3.05, 3.63) is 27.4 Å². The summed E-state index contributed by atoms with van der Waals surface area (Å²) in [6, 6.07) is 0. The molecule has 0 aromatic carbocycles. The number of H-pyrrole nitrogens is 1. The first-order valence-electron chi connectivity index (χ1n) is 5.85. The van der Waals surface area contributed by atoms with E-state index in [1.807, 2.05) is 25.6 Å². The summed E-state index contributed by atoms with van der Waals surface area (Å²) in [6.45, 7) is 3.71. The standard InChI is InChI=1S/C12H18N2OS/c1-8-9(2)13-11(14-12(8)15)7-16-10-5-3-4-6-10/h10H,3-7H2,1-2H3,(H,13,14,15). The lowest BCUT2D eigenvalue weighted by atomic mass is 10.3. The van der Waals surface area contributed by atoms with Gasteiger partial charge >= 0.3 is 0 Å². The van der Waals surface area contributed by atoms with Crippen molar-refractivity contribution in [1.82, 2.24) is 9.97 Å². The molecular formula is C12H18N2OS. The Balaban J connectivity index is 2.01. The first kappa shape index (κ1) is 11.7. The lowest BCUT2D eigenvalue weighted by molar-refractivity contribution is 0.886. The quantitative estimate of drug-likeness (QED) is 0.880. The highest BCUT2D eigenvalue weighted by atomic mass is 32.2. The molecule has 0 atom stereocenters. The third-order valence-corrected chi connectivity index (χ3v) is 4.58. The molecule has 1 aromatic rings. The predicted molar refractivity (Wildman–Crippen MR) is 67.9 cm³/mol. The molecule has 1 saturated carbocycles. The zero-order valence-electron chi connectivity index (χ0n) is 9.88. The highest BCUT2D eigenvalue weighted by molar-refractivity contribution is 7.99. The van der Waals surface area contributed by atoms with Gasteiger partial charge in [0, 0.05) is 16.5 Å². The molecule has 0 amide bonds. The fourth-order valence-electron chi connectivity index (χ4n) is 2.02. The van der Waals surface area contributed by atoms with Gasteiger partial charge in [0.05, 0.1) is 5.75 Å². The number of nitrogens with zero attached hydrogens (tertiary/aromatic N) is 1. The van der Waals surface area contributed by atoms with Crippen LogP contribution in [0.25, 0.3) is 0 Å². The van der Waals surface area contributed by atoms with Crippen LogP contribution in [0.15, 0.2) is 4.79 Å². The van der Waals surface area contributed by atoms with Crippen LogP contribution in [0.2, 0.25) is 0 Å². The second kappa shape index (κ2) is 5.04. The summed E-state index contributed by atoms with van der Waals surface area (Å²) in [5.41, 5.74) is 1.59. The molecule has 1 fully saturated rings. The average Bonchev–Trinajstić information content (AvgIpc) is 2.75. The average molecular weight is 238 g/mol. The van der Waals surface area contributed by atoms with Crippen LogP contribution < -0.4 is 5.56 Å². The van der Waals surface area contributed by atoms with Crippen LogP contribution >= 0.6 is 11.8 Å². The number of hydrogen-bond donors (Lipinski definition) is 1. The molecule has 3 nitrogen and oxygen atoms in total. The van der Waals surface area contributed by atoms with Crippen molar-refractivity contribution in [1.29, 1.82) is 0 Å². The normalized spacial score (nSPS) is 16.9. The largest absolute Gasteiger partial charge is 0.310 e. The van der Waals surface area contributed by atoms with Gasteiger partial charge in [-0.15, -0.1) is 0 Å². The molecule has 1 aliphatic carbocycles. The zero-order valence-corrected chi connectivity index (χ0v) is 10.7. The topological polar surface area (TPSA) is 45.8 Å². The molecule has 0 aliphatic heterocycles. The van der Waals surface area contributed by atoms with E-state index >= 15 is 0 Å². The van der Waals surface area contributed by atoms with Crippen molar-refractivity contribution in [2.75, 3.05) is 0 Å². The van der Waals surface area contributed by atoms with Gasteiger partial charge < -0.3 is 4.98 Å². The Bertz CT molecular complexity index is 422. The van der Waals surface area contributed by atoms with Crippen LogP contribution in [-0.2, 0) is 5.75 Å². The van der Waals surface area contributed by atoms with Crippen LogP contribution in [0.4, 0.5) is 0 Å². The Morgan fingerprint density at radius 3 is 2.69 bits per heavy atom. The van der Waals surface area contributed by atoms with Gasteiger partial charge in [-0.1, -0.05) is 12.8 Å². The number of nitrogens with one attached hydrogen (secondary N) is 1. The van der Waals surface area contributed by atoms with Crippen molar-refractivity contribution in [3.63, 3.8) is 0 Å². The number of aromatic amines is 1. The highest BCUT2D eigenvalue weighted by Crippen LogP contribution is 2.30. The van der Waals surface area contributed by atoms with E-state index in [1.165, 1.54) is 25.7 Å². The summed E-state index contributed by atoms with van der Waals surface area (Å²) < 4.78 is 0. The minimum absolute atomic E-state index is 0.00882. The van der Waals surface area contributed by atoms with E-state index < -0.39 is 0 Å². The van der Waals surface area contributed by atoms with E-state index in [2.05, 4.69) is 9.97 Å². The molecule has 2 rings (SSSR count). The van der Waals surface area contributed by atoms with Crippen LogP contribution in [0.1, 0.15) is 42.8 Å². The maximum absolute atomic E-state index is 11.6. The van der Waals surface area contributed by atoms with E-state index in [1.54, 1.807) is 0 Å². The Hall–Kier alpha value is -0.770. The van der Waals surface area contributed by atoms with E-state index in [4.69, 9.17) is 0 Å². The second-order valence-electron chi connectivity index (χ2n) is 4.44. The third-order valence-electron chi connectivity index (χ3n) is 3.20. The molecule has 0 saturated heterocycles. The van der Waals surface area contributed by atoms with Crippen LogP contribution in [0.5, 0.6) is 0 Å². The summed E-state index contributed by atoms with van der Waals surface area (Å²) in [4.78, 5) is 18.8. The van der Waals surface area contributed by atoms with Crippen molar-refractivity contribution in [3.8, 4) is 0 Å². The molecule has 16 heavy (non-hydrogen) atoms. The molecular weight excluding hydrogens is 220 g/mol. The first-order chi connectivity index (χ1) is 7.66. The number of thioether (sulfide) groups is 1. The van der Waals surface area contributed by atoms with Crippen molar-refractivity contribution < 1.29 is 0 Å². The Labute approximate surface area is 100 Å². The molecule has 0 bridgehead atoms. The maximum atomic E-state index is 11.6. The fourth-order valence-corrected chi connectivity index (χ4v) is 3.22. The zero-order chi connectivity index (χ0) is 11.5. The van der Waals surface area contributed by atoms with E-state index in [9.17, 15) is 4.79 Å². The Morgan fingerprint density at radius 1 is 1.38 bits per heavy atom. The minimum Gasteiger partial charge on any atom is -0.310 e.